The van der Waals surface area contributed by atoms with Crippen molar-refractivity contribution in [3.63, 3.8) is 0 Å². The number of halogens is 1. The monoisotopic (exact) mass is 318 g/mol. The highest BCUT2D eigenvalue weighted by molar-refractivity contribution is 6.30. The van der Waals surface area contributed by atoms with Gasteiger partial charge < -0.3 is 0 Å². The second-order valence-corrected chi connectivity index (χ2v) is 6.04. The normalized spacial score (nSPS) is 11.0. The summed E-state index contributed by atoms with van der Waals surface area (Å²) in [4.78, 5) is 4.87. The average molecular weight is 319 g/mol. The summed E-state index contributed by atoms with van der Waals surface area (Å²) in [6, 6.07) is 24.5. The molecule has 1 aromatic heterocycles. The van der Waals surface area contributed by atoms with Crippen molar-refractivity contribution >= 4 is 22.6 Å². The zero-order valence-corrected chi connectivity index (χ0v) is 13.5. The second kappa shape index (κ2) is 5.56. The third-order valence-electron chi connectivity index (χ3n) is 3.93. The van der Waals surface area contributed by atoms with Gasteiger partial charge in [-0.3, -0.25) is 4.57 Å². The number of aromatic nitrogens is 2. The molecule has 0 atom stereocenters. The molecule has 0 radical (unpaired) electrons. The maximum atomic E-state index is 6.04. The molecule has 0 saturated carbocycles. The summed E-state index contributed by atoms with van der Waals surface area (Å²) < 4.78 is 2.18. The second-order valence-electron chi connectivity index (χ2n) is 5.61. The Balaban J connectivity index is 2.05. The van der Waals surface area contributed by atoms with E-state index < -0.39 is 0 Å². The predicted molar refractivity (Wildman–Crippen MR) is 96.3 cm³/mol. The molecule has 0 amide bonds. The smallest absolute Gasteiger partial charge is 0.145 e. The highest BCUT2D eigenvalue weighted by Crippen LogP contribution is 2.29. The van der Waals surface area contributed by atoms with Crippen LogP contribution in [-0.2, 0) is 0 Å². The lowest BCUT2D eigenvalue weighted by atomic mass is 10.2. The van der Waals surface area contributed by atoms with E-state index in [1.165, 1.54) is 5.56 Å². The van der Waals surface area contributed by atoms with Crippen LogP contribution in [0.3, 0.4) is 0 Å². The largest absolute Gasteiger partial charge is 0.292 e. The Morgan fingerprint density at radius 1 is 0.870 bits per heavy atom. The SMILES string of the molecule is Cc1ccc2c(c1)nc(-c1ccccc1)n2-c1ccc(Cl)cc1. The maximum Gasteiger partial charge on any atom is 0.145 e. The van der Waals surface area contributed by atoms with Crippen LogP contribution in [0.5, 0.6) is 0 Å². The van der Waals surface area contributed by atoms with Gasteiger partial charge in [0.05, 0.1) is 11.0 Å². The molecule has 3 heteroatoms. The molecular weight excluding hydrogens is 304 g/mol. The molecule has 3 aromatic carbocycles. The molecular formula is C20H15ClN2. The van der Waals surface area contributed by atoms with Crippen LogP contribution in [0, 0.1) is 6.92 Å². The van der Waals surface area contributed by atoms with E-state index in [0.29, 0.717) is 0 Å². The number of nitrogens with zero attached hydrogens (tertiary/aromatic N) is 2. The van der Waals surface area contributed by atoms with Crippen molar-refractivity contribution in [3.8, 4) is 17.1 Å². The van der Waals surface area contributed by atoms with Crippen LogP contribution in [0.2, 0.25) is 5.02 Å². The molecule has 112 valence electrons. The average Bonchev–Trinajstić information content (AvgIpc) is 2.95. The quantitative estimate of drug-likeness (QED) is 0.466. The summed E-state index contributed by atoms with van der Waals surface area (Å²) in [6.45, 7) is 2.09. The zero-order chi connectivity index (χ0) is 15.8. The van der Waals surface area contributed by atoms with E-state index in [0.717, 1.165) is 33.1 Å². The number of fused-ring (bicyclic) bond motifs is 1. The van der Waals surface area contributed by atoms with E-state index in [1.54, 1.807) is 0 Å². The number of imidazole rings is 1. The summed E-state index contributed by atoms with van der Waals surface area (Å²) in [6.07, 6.45) is 0. The third-order valence-corrected chi connectivity index (χ3v) is 4.18. The van der Waals surface area contributed by atoms with E-state index in [4.69, 9.17) is 16.6 Å². The van der Waals surface area contributed by atoms with Crippen molar-refractivity contribution in [2.45, 2.75) is 6.92 Å². The molecule has 0 unspecified atom stereocenters. The summed E-state index contributed by atoms with van der Waals surface area (Å²) in [5.74, 6) is 0.938. The first-order valence-corrected chi connectivity index (χ1v) is 7.91. The Kier molecular flexibility index (Phi) is 3.40. The minimum atomic E-state index is 0.732. The van der Waals surface area contributed by atoms with Crippen LogP contribution in [0.1, 0.15) is 5.56 Å². The number of hydrogen-bond acceptors (Lipinski definition) is 1. The van der Waals surface area contributed by atoms with E-state index >= 15 is 0 Å². The van der Waals surface area contributed by atoms with Gasteiger partial charge >= 0.3 is 0 Å². The lowest BCUT2D eigenvalue weighted by Crippen LogP contribution is -1.97. The molecule has 2 nitrogen and oxygen atoms in total. The first kappa shape index (κ1) is 14.0. The van der Waals surface area contributed by atoms with Crippen LogP contribution in [0.25, 0.3) is 28.1 Å². The fraction of sp³-hybridized carbons (Fsp3) is 0.0500. The van der Waals surface area contributed by atoms with Crippen LogP contribution in [-0.4, -0.2) is 9.55 Å². The van der Waals surface area contributed by atoms with Gasteiger partial charge in [0.15, 0.2) is 0 Å². The van der Waals surface area contributed by atoms with Gasteiger partial charge in [0.1, 0.15) is 5.82 Å². The van der Waals surface area contributed by atoms with Crippen molar-refractivity contribution in [1.82, 2.24) is 9.55 Å². The van der Waals surface area contributed by atoms with E-state index in [2.05, 4.69) is 41.8 Å². The lowest BCUT2D eigenvalue weighted by molar-refractivity contribution is 1.10. The molecule has 1 heterocycles. The highest BCUT2D eigenvalue weighted by Gasteiger charge is 2.14. The molecule has 0 aliphatic rings. The Labute approximate surface area is 140 Å². The van der Waals surface area contributed by atoms with E-state index in [9.17, 15) is 0 Å². The van der Waals surface area contributed by atoms with Crippen molar-refractivity contribution < 1.29 is 0 Å². The van der Waals surface area contributed by atoms with Crippen molar-refractivity contribution in [2.24, 2.45) is 0 Å². The van der Waals surface area contributed by atoms with Gasteiger partial charge in [0, 0.05) is 16.3 Å². The van der Waals surface area contributed by atoms with Gasteiger partial charge in [-0.2, -0.15) is 0 Å². The Bertz CT molecular complexity index is 970. The number of rotatable bonds is 2. The molecule has 0 aliphatic carbocycles. The van der Waals surface area contributed by atoms with Gasteiger partial charge in [-0.05, 0) is 48.9 Å². The molecule has 0 N–H and O–H groups in total. The van der Waals surface area contributed by atoms with Crippen LogP contribution >= 0.6 is 11.6 Å². The molecule has 23 heavy (non-hydrogen) atoms. The van der Waals surface area contributed by atoms with Crippen molar-refractivity contribution in [2.75, 3.05) is 0 Å². The molecule has 0 saturated heterocycles. The third kappa shape index (κ3) is 2.51. The van der Waals surface area contributed by atoms with Crippen LogP contribution < -0.4 is 0 Å². The van der Waals surface area contributed by atoms with Crippen molar-refractivity contribution in [3.05, 3.63) is 83.4 Å². The number of benzene rings is 3. The van der Waals surface area contributed by atoms with E-state index in [-0.39, 0.29) is 0 Å². The zero-order valence-electron chi connectivity index (χ0n) is 12.7. The minimum Gasteiger partial charge on any atom is -0.292 e. The Morgan fingerprint density at radius 3 is 2.35 bits per heavy atom. The lowest BCUT2D eigenvalue weighted by Gasteiger charge is -2.09. The first-order valence-electron chi connectivity index (χ1n) is 7.53. The summed E-state index contributed by atoms with van der Waals surface area (Å²) in [7, 11) is 0. The standard InChI is InChI=1S/C20H15ClN2/c1-14-7-12-19-18(13-14)22-20(15-5-3-2-4-6-15)23(19)17-10-8-16(21)9-11-17/h2-13H,1H3. The van der Waals surface area contributed by atoms with Gasteiger partial charge in [0.25, 0.3) is 0 Å². The van der Waals surface area contributed by atoms with Crippen molar-refractivity contribution in [1.29, 1.82) is 0 Å². The van der Waals surface area contributed by atoms with Crippen LogP contribution in [0.15, 0.2) is 72.8 Å². The summed E-state index contributed by atoms with van der Waals surface area (Å²) >= 11 is 6.04. The topological polar surface area (TPSA) is 17.8 Å². The van der Waals surface area contributed by atoms with Gasteiger partial charge in [-0.1, -0.05) is 48.0 Å². The molecule has 0 aliphatic heterocycles. The highest BCUT2D eigenvalue weighted by atomic mass is 35.5. The Hall–Kier alpha value is -2.58. The fourth-order valence-electron chi connectivity index (χ4n) is 2.82. The molecule has 0 fully saturated rings. The fourth-order valence-corrected chi connectivity index (χ4v) is 2.95. The van der Waals surface area contributed by atoms with Crippen LogP contribution in [0.4, 0.5) is 0 Å². The number of hydrogen-bond donors (Lipinski definition) is 0. The molecule has 0 spiro atoms. The molecule has 0 bridgehead atoms. The van der Waals surface area contributed by atoms with Gasteiger partial charge in [-0.15, -0.1) is 0 Å². The first-order chi connectivity index (χ1) is 11.2. The van der Waals surface area contributed by atoms with E-state index in [1.807, 2.05) is 42.5 Å². The molecule has 4 aromatic rings. The minimum absolute atomic E-state index is 0.732. The van der Waals surface area contributed by atoms with Gasteiger partial charge in [0.2, 0.25) is 0 Å². The summed E-state index contributed by atoms with van der Waals surface area (Å²) in [5.41, 5.74) is 5.45. The maximum absolute atomic E-state index is 6.04. The van der Waals surface area contributed by atoms with Gasteiger partial charge in [-0.25, -0.2) is 4.98 Å². The predicted octanol–water partition coefficient (Wildman–Crippen LogP) is 5.65. The summed E-state index contributed by atoms with van der Waals surface area (Å²) in [5, 5.41) is 0.732. The molecule has 4 rings (SSSR count). The number of aryl methyl sites for hydroxylation is 1. The Morgan fingerprint density at radius 2 is 1.61 bits per heavy atom.